The van der Waals surface area contributed by atoms with E-state index in [1.807, 2.05) is 30.3 Å². The van der Waals surface area contributed by atoms with Crippen molar-refractivity contribution in [2.45, 2.75) is 20.0 Å². The molecule has 28 heavy (non-hydrogen) atoms. The van der Waals surface area contributed by atoms with E-state index in [1.165, 1.54) is 6.26 Å². The van der Waals surface area contributed by atoms with Gasteiger partial charge in [0, 0.05) is 11.5 Å². The zero-order valence-corrected chi connectivity index (χ0v) is 15.4. The second-order valence-electron chi connectivity index (χ2n) is 6.30. The van der Waals surface area contributed by atoms with Crippen LogP contribution < -0.4 is 10.2 Å². The molecule has 2 heterocycles. The highest BCUT2D eigenvalue weighted by atomic mass is 16.6. The summed E-state index contributed by atoms with van der Waals surface area (Å²) in [7, 11) is 0. The van der Waals surface area contributed by atoms with Crippen LogP contribution in [-0.2, 0) is 9.53 Å². The minimum atomic E-state index is -0.765. The monoisotopic (exact) mass is 378 g/mol. The molecule has 0 N–H and O–H groups in total. The molecule has 0 spiro atoms. The molecule has 2 aromatic heterocycles. The fourth-order valence-corrected chi connectivity index (χ4v) is 2.98. The zero-order valence-electron chi connectivity index (χ0n) is 15.4. The van der Waals surface area contributed by atoms with Gasteiger partial charge in [-0.05, 0) is 38.1 Å². The standard InChI is InChI=1S/C22H18O6/c1-3-25-22(24)13(2)27-15-8-9-16-19(11-15)26-12-17(21(16)23)20-10-14-6-4-5-7-18(14)28-20/h4-13H,3H2,1-2H3. The molecule has 0 saturated heterocycles. The molecule has 0 aliphatic heterocycles. The highest BCUT2D eigenvalue weighted by Gasteiger charge is 2.17. The van der Waals surface area contributed by atoms with Gasteiger partial charge in [-0.2, -0.15) is 0 Å². The minimum absolute atomic E-state index is 0.203. The van der Waals surface area contributed by atoms with Crippen molar-refractivity contribution < 1.29 is 23.1 Å². The van der Waals surface area contributed by atoms with E-state index < -0.39 is 12.1 Å². The van der Waals surface area contributed by atoms with E-state index in [2.05, 4.69) is 0 Å². The average molecular weight is 378 g/mol. The van der Waals surface area contributed by atoms with E-state index in [1.54, 1.807) is 32.0 Å². The number of furan rings is 1. The molecular formula is C22H18O6. The second-order valence-corrected chi connectivity index (χ2v) is 6.30. The zero-order chi connectivity index (χ0) is 19.7. The third-order valence-electron chi connectivity index (χ3n) is 4.37. The first-order valence-electron chi connectivity index (χ1n) is 8.94. The van der Waals surface area contributed by atoms with E-state index in [4.69, 9.17) is 18.3 Å². The number of rotatable bonds is 5. The third-order valence-corrected chi connectivity index (χ3v) is 4.37. The summed E-state index contributed by atoms with van der Waals surface area (Å²) in [5.74, 6) is 0.407. The summed E-state index contributed by atoms with van der Waals surface area (Å²) >= 11 is 0. The number of para-hydroxylation sites is 1. The number of carbonyl (C=O) groups is 1. The Morgan fingerprint density at radius 1 is 1.11 bits per heavy atom. The van der Waals surface area contributed by atoms with Crippen molar-refractivity contribution in [1.82, 2.24) is 0 Å². The van der Waals surface area contributed by atoms with Crippen LogP contribution >= 0.6 is 0 Å². The highest BCUT2D eigenvalue weighted by molar-refractivity contribution is 5.86. The molecule has 4 aromatic rings. The molecule has 0 bridgehead atoms. The number of benzene rings is 2. The molecule has 4 rings (SSSR count). The SMILES string of the molecule is CCOC(=O)C(C)Oc1ccc2c(=O)c(-c3cc4ccccc4o3)coc2c1. The van der Waals surface area contributed by atoms with E-state index in [0.717, 1.165) is 5.39 Å². The smallest absolute Gasteiger partial charge is 0.347 e. The first kappa shape index (κ1) is 17.9. The topological polar surface area (TPSA) is 78.9 Å². The molecule has 0 radical (unpaired) electrons. The van der Waals surface area contributed by atoms with Crippen LogP contribution in [0.3, 0.4) is 0 Å². The van der Waals surface area contributed by atoms with Crippen LogP contribution in [0.5, 0.6) is 5.75 Å². The molecule has 2 aromatic carbocycles. The maximum atomic E-state index is 12.9. The van der Waals surface area contributed by atoms with Crippen molar-refractivity contribution >= 4 is 27.9 Å². The van der Waals surface area contributed by atoms with E-state index >= 15 is 0 Å². The summed E-state index contributed by atoms with van der Waals surface area (Å²) in [5, 5.41) is 1.31. The normalized spacial score (nSPS) is 12.2. The van der Waals surface area contributed by atoms with Crippen LogP contribution in [0.2, 0.25) is 0 Å². The Hall–Kier alpha value is -3.54. The number of hydrogen-bond acceptors (Lipinski definition) is 6. The minimum Gasteiger partial charge on any atom is -0.479 e. The summed E-state index contributed by atoms with van der Waals surface area (Å²) in [6.45, 7) is 3.61. The van der Waals surface area contributed by atoms with Gasteiger partial charge >= 0.3 is 5.97 Å². The van der Waals surface area contributed by atoms with E-state index in [9.17, 15) is 9.59 Å². The van der Waals surface area contributed by atoms with Gasteiger partial charge in [0.15, 0.2) is 6.10 Å². The fraction of sp³-hybridized carbons (Fsp3) is 0.182. The fourth-order valence-electron chi connectivity index (χ4n) is 2.98. The van der Waals surface area contributed by atoms with Crippen molar-refractivity contribution in [3.63, 3.8) is 0 Å². The molecule has 0 saturated carbocycles. The van der Waals surface area contributed by atoms with Gasteiger partial charge in [-0.25, -0.2) is 4.79 Å². The Morgan fingerprint density at radius 2 is 1.93 bits per heavy atom. The molecule has 142 valence electrons. The second kappa shape index (κ2) is 7.23. The van der Waals surface area contributed by atoms with Crippen LogP contribution in [0, 0.1) is 0 Å². The molecule has 0 fully saturated rings. The van der Waals surface area contributed by atoms with Crippen LogP contribution in [0.4, 0.5) is 0 Å². The quantitative estimate of drug-likeness (QED) is 0.475. The Kier molecular flexibility index (Phi) is 4.61. The van der Waals surface area contributed by atoms with Crippen molar-refractivity contribution in [1.29, 1.82) is 0 Å². The van der Waals surface area contributed by atoms with Gasteiger partial charge in [0.1, 0.15) is 34.5 Å². The maximum absolute atomic E-state index is 12.9. The van der Waals surface area contributed by atoms with E-state index in [-0.39, 0.29) is 12.0 Å². The molecule has 6 heteroatoms. The summed E-state index contributed by atoms with van der Waals surface area (Å²) in [6.07, 6.45) is 0.611. The number of esters is 1. The van der Waals surface area contributed by atoms with Crippen molar-refractivity contribution in [3.05, 3.63) is 65.0 Å². The van der Waals surface area contributed by atoms with Crippen LogP contribution in [0.1, 0.15) is 13.8 Å². The number of carbonyl (C=O) groups excluding carboxylic acids is 1. The first-order chi connectivity index (χ1) is 13.6. The molecule has 0 amide bonds. The van der Waals surface area contributed by atoms with Crippen LogP contribution in [-0.4, -0.2) is 18.7 Å². The van der Waals surface area contributed by atoms with Gasteiger partial charge in [-0.1, -0.05) is 18.2 Å². The summed E-state index contributed by atoms with van der Waals surface area (Å²) < 4.78 is 21.9. The number of hydrogen-bond donors (Lipinski definition) is 0. The molecule has 0 aliphatic rings. The lowest BCUT2D eigenvalue weighted by Gasteiger charge is -2.13. The average Bonchev–Trinajstić information content (AvgIpc) is 3.12. The highest BCUT2D eigenvalue weighted by Crippen LogP contribution is 2.28. The lowest BCUT2D eigenvalue weighted by atomic mass is 10.1. The lowest BCUT2D eigenvalue weighted by molar-refractivity contribution is -0.150. The number of ether oxygens (including phenoxy) is 2. The van der Waals surface area contributed by atoms with Gasteiger partial charge < -0.3 is 18.3 Å². The van der Waals surface area contributed by atoms with Gasteiger partial charge in [-0.15, -0.1) is 0 Å². The van der Waals surface area contributed by atoms with Crippen molar-refractivity contribution in [2.75, 3.05) is 6.61 Å². The molecule has 1 atom stereocenters. The summed E-state index contributed by atoms with van der Waals surface area (Å²) in [4.78, 5) is 24.6. The Labute approximate surface area is 160 Å². The van der Waals surface area contributed by atoms with E-state index in [0.29, 0.717) is 33.6 Å². The Morgan fingerprint density at radius 3 is 2.71 bits per heavy atom. The third kappa shape index (κ3) is 3.24. The van der Waals surface area contributed by atoms with Crippen LogP contribution in [0.15, 0.2) is 68.4 Å². The largest absolute Gasteiger partial charge is 0.479 e. The molecular weight excluding hydrogens is 360 g/mol. The summed E-state index contributed by atoms with van der Waals surface area (Å²) in [5.41, 5.74) is 1.20. The predicted molar refractivity (Wildman–Crippen MR) is 104 cm³/mol. The van der Waals surface area contributed by atoms with Gasteiger partial charge in [0.2, 0.25) is 5.43 Å². The molecule has 6 nitrogen and oxygen atoms in total. The maximum Gasteiger partial charge on any atom is 0.347 e. The predicted octanol–water partition coefficient (Wildman–Crippen LogP) is 4.54. The molecule has 1 unspecified atom stereocenters. The number of fused-ring (bicyclic) bond motifs is 2. The van der Waals surface area contributed by atoms with Gasteiger partial charge in [0.25, 0.3) is 0 Å². The van der Waals surface area contributed by atoms with Crippen molar-refractivity contribution in [2.24, 2.45) is 0 Å². The van der Waals surface area contributed by atoms with Gasteiger partial charge in [-0.3, -0.25) is 4.79 Å². The Bertz CT molecular complexity index is 1180. The summed E-state index contributed by atoms with van der Waals surface area (Å²) in [6, 6.07) is 14.2. The molecule has 0 aliphatic carbocycles. The van der Waals surface area contributed by atoms with Gasteiger partial charge in [0.05, 0.1) is 12.0 Å². The lowest BCUT2D eigenvalue weighted by Crippen LogP contribution is -2.26. The van der Waals surface area contributed by atoms with Crippen LogP contribution in [0.25, 0.3) is 33.3 Å². The van der Waals surface area contributed by atoms with Crippen molar-refractivity contribution in [3.8, 4) is 17.1 Å². The Balaban J connectivity index is 1.68. The first-order valence-corrected chi connectivity index (χ1v) is 8.94.